The molecule has 0 bridgehead atoms. The van der Waals surface area contributed by atoms with E-state index in [0.717, 1.165) is 104 Å². The first-order valence-corrected chi connectivity index (χ1v) is 33.7. The standard InChI is InChI=1S/C17H36O2.C16H36N2O.C14H32N2O2.C11H24O.C3H8O.C3H8.CH4O.CH2O.5CH4.2H2/c1-3-5-7-9-11-13-15-17(19-18)16-14-12-10-8-6-4-2;1-2-3-4-5-6-9-13-18(15-12-17)14-10-7-8-11-16-19;15-14-16(11-7-5-9-13-18)10-6-3-1-2-4-8-12-17;1-2-3-4-5-6-7-8-9-10-11-12;1-2-3-4;1-3-2;2*1-2;;;;;;;/h17-18H,3-16H2,1-2H3;19H,2-17H2,1H3;17-18H,1-15H2;12H,2-11H2,1H3;4H,2-3H2,1H3;3H2,1-2H3;2H,1H3;1H2;5*1H4;2*1H. The molecular formula is C71H174N4O9. The van der Waals surface area contributed by atoms with Crippen LogP contribution in [0, 0.1) is 0 Å². The van der Waals surface area contributed by atoms with E-state index in [2.05, 4.69) is 56.2 Å². The Morgan fingerprint density at radius 1 is 0.333 bits per heavy atom. The summed E-state index contributed by atoms with van der Waals surface area (Å²) in [6, 6.07) is 0. The van der Waals surface area contributed by atoms with Crippen molar-refractivity contribution < 1.29 is 48.4 Å². The van der Waals surface area contributed by atoms with Crippen LogP contribution in [0.5, 0.6) is 0 Å². The van der Waals surface area contributed by atoms with Gasteiger partial charge in [-0.1, -0.05) is 291 Å². The van der Waals surface area contributed by atoms with E-state index in [0.29, 0.717) is 39.7 Å². The van der Waals surface area contributed by atoms with Crippen LogP contribution in [0.1, 0.15) is 371 Å². The fraction of sp³-hybridized carbons (Fsp3) is 0.986. The van der Waals surface area contributed by atoms with Gasteiger partial charge in [0.05, 0.1) is 6.10 Å². The summed E-state index contributed by atoms with van der Waals surface area (Å²) in [5.41, 5.74) is 11.4. The molecule has 0 radical (unpaired) electrons. The molecule has 0 unspecified atom stereocenters. The Labute approximate surface area is 534 Å². The van der Waals surface area contributed by atoms with Crippen molar-refractivity contribution in [2.24, 2.45) is 11.5 Å². The molecule has 0 aromatic rings. The van der Waals surface area contributed by atoms with E-state index in [1.165, 1.54) is 225 Å². The quantitative estimate of drug-likeness (QED) is 0.0120. The molecule has 0 aliphatic heterocycles. The second-order valence-electron chi connectivity index (χ2n) is 21.3. The smallest absolute Gasteiger partial charge is 0.106 e. The lowest BCUT2D eigenvalue weighted by Gasteiger charge is -2.21. The average Bonchev–Trinajstić information content (AvgIpc) is 3.48. The molecule has 0 saturated carbocycles. The number of carbonyl (C=O) groups is 1. The summed E-state index contributed by atoms with van der Waals surface area (Å²) < 4.78 is 0. The van der Waals surface area contributed by atoms with Gasteiger partial charge in [0, 0.05) is 62.8 Å². The van der Waals surface area contributed by atoms with Crippen LogP contribution < -0.4 is 11.5 Å². The molecule has 84 heavy (non-hydrogen) atoms. The summed E-state index contributed by atoms with van der Waals surface area (Å²) in [6.07, 6.45) is 54.8. The number of unbranched alkanes of at least 4 members (excludes halogenated alkanes) is 33. The molecule has 0 atom stereocenters. The third kappa shape index (κ3) is 135. The van der Waals surface area contributed by atoms with E-state index in [4.69, 9.17) is 52.2 Å². The summed E-state index contributed by atoms with van der Waals surface area (Å²) in [5.74, 6) is 0. The van der Waals surface area contributed by atoms with Gasteiger partial charge in [-0.3, -0.25) is 10.2 Å². The third-order valence-corrected chi connectivity index (χ3v) is 13.3. The van der Waals surface area contributed by atoms with Crippen LogP contribution >= 0.6 is 0 Å². The molecular weight excluding hydrogens is 1050 g/mol. The normalized spacial score (nSPS) is 9.76. The zero-order chi connectivity index (χ0) is 61.0. The fourth-order valence-corrected chi connectivity index (χ4v) is 8.48. The summed E-state index contributed by atoms with van der Waals surface area (Å²) in [4.78, 5) is 17.4. The Morgan fingerprint density at radius 2 is 0.536 bits per heavy atom. The number of rotatable bonds is 54. The molecule has 13 nitrogen and oxygen atoms in total. The van der Waals surface area contributed by atoms with E-state index in [-0.39, 0.29) is 46.1 Å². The molecule has 0 saturated heterocycles. The molecule has 0 rings (SSSR count). The summed E-state index contributed by atoms with van der Waals surface area (Å²) >= 11 is 0. The maximum absolute atomic E-state index is 8.91. The SMILES string of the molecule is C.C.C.C.C.C=O.CCC.CCCCCCCCC(CCCCCCCC)OO.CCCCCCCCCCCO.CCCCCCCCN(CCN)CCCCCCO.CCCO.CO.NCN(CCCCCO)CCCCCCCCO.[HH].[HH]. The topological polar surface area (TPSA) is 226 Å². The van der Waals surface area contributed by atoms with Crippen LogP contribution in [0.2, 0.25) is 0 Å². The van der Waals surface area contributed by atoms with Crippen molar-refractivity contribution in [1.29, 1.82) is 0 Å². The Kier molecular flexibility index (Phi) is 173. The molecule has 13 heteroatoms. The van der Waals surface area contributed by atoms with Gasteiger partial charge in [0.25, 0.3) is 0 Å². The lowest BCUT2D eigenvalue weighted by Crippen LogP contribution is -2.31. The lowest BCUT2D eigenvalue weighted by molar-refractivity contribution is -0.281. The van der Waals surface area contributed by atoms with Crippen molar-refractivity contribution in [3.05, 3.63) is 0 Å². The minimum atomic E-state index is 0. The van der Waals surface area contributed by atoms with E-state index < -0.39 is 0 Å². The van der Waals surface area contributed by atoms with Gasteiger partial charge in [-0.15, -0.1) is 0 Å². The second-order valence-corrected chi connectivity index (χ2v) is 21.3. The van der Waals surface area contributed by atoms with Gasteiger partial charge in [-0.05, 0) is 103 Å². The molecule has 0 spiro atoms. The van der Waals surface area contributed by atoms with Gasteiger partial charge in [0.2, 0.25) is 0 Å². The largest absolute Gasteiger partial charge is 0.400 e. The zero-order valence-electron chi connectivity index (χ0n) is 54.9. The monoisotopic (exact) mass is 1230 g/mol. The first-order valence-electron chi connectivity index (χ1n) is 33.7. The van der Waals surface area contributed by atoms with Crippen molar-refractivity contribution in [2.45, 2.75) is 374 Å². The predicted octanol–water partition coefficient (Wildman–Crippen LogP) is 19.6. The summed E-state index contributed by atoms with van der Waals surface area (Å²) in [7, 11) is 1.00. The lowest BCUT2D eigenvalue weighted by atomic mass is 10.0. The van der Waals surface area contributed by atoms with Gasteiger partial charge >= 0.3 is 0 Å². The first-order chi connectivity index (χ1) is 38.8. The van der Waals surface area contributed by atoms with E-state index >= 15 is 0 Å². The Morgan fingerprint density at radius 3 is 0.738 bits per heavy atom. The third-order valence-electron chi connectivity index (χ3n) is 13.3. The molecule has 532 valence electrons. The van der Waals surface area contributed by atoms with Crippen LogP contribution in [-0.4, -0.2) is 145 Å². The Bertz CT molecular complexity index is 862. The molecule has 0 aromatic carbocycles. The number of aliphatic hydroxyl groups is 6. The van der Waals surface area contributed by atoms with Crippen molar-refractivity contribution in [1.82, 2.24) is 9.80 Å². The van der Waals surface area contributed by atoms with Gasteiger partial charge in [0.15, 0.2) is 0 Å². The van der Waals surface area contributed by atoms with Gasteiger partial charge in [-0.25, -0.2) is 4.89 Å². The number of nitrogens with two attached hydrogens (primary N) is 2. The molecule has 0 aliphatic carbocycles. The van der Waals surface area contributed by atoms with Crippen molar-refractivity contribution in [2.75, 3.05) is 86.1 Å². The minimum absolute atomic E-state index is 0. The van der Waals surface area contributed by atoms with Gasteiger partial charge < -0.3 is 51.8 Å². The maximum atomic E-state index is 8.91. The van der Waals surface area contributed by atoms with Crippen LogP contribution in [0.3, 0.4) is 0 Å². The highest BCUT2D eigenvalue weighted by Crippen LogP contribution is 2.16. The molecule has 0 aromatic heterocycles. The second kappa shape index (κ2) is 127. The van der Waals surface area contributed by atoms with E-state index in [9.17, 15) is 0 Å². The van der Waals surface area contributed by atoms with Crippen molar-refractivity contribution in [3.8, 4) is 0 Å². The van der Waals surface area contributed by atoms with Gasteiger partial charge in [0.1, 0.15) is 6.79 Å². The highest BCUT2D eigenvalue weighted by Gasteiger charge is 2.09. The highest BCUT2D eigenvalue weighted by atomic mass is 17.1. The van der Waals surface area contributed by atoms with Crippen molar-refractivity contribution >= 4 is 6.79 Å². The van der Waals surface area contributed by atoms with Crippen LogP contribution in [-0.2, 0) is 9.68 Å². The molecule has 11 N–H and O–H groups in total. The Hall–Kier alpha value is -0.810. The predicted molar refractivity (Wildman–Crippen MR) is 385 cm³/mol. The van der Waals surface area contributed by atoms with E-state index in [1.807, 2.05) is 13.7 Å². The zero-order valence-corrected chi connectivity index (χ0v) is 54.9. The average molecular weight is 1230 g/mol. The van der Waals surface area contributed by atoms with Crippen LogP contribution in [0.25, 0.3) is 0 Å². The molecule has 0 amide bonds. The molecule has 0 aliphatic rings. The van der Waals surface area contributed by atoms with Crippen LogP contribution in [0.15, 0.2) is 0 Å². The Balaban J connectivity index is -0.0000000557. The first kappa shape index (κ1) is 114. The summed E-state index contributed by atoms with van der Waals surface area (Å²) in [6.45, 7) is 25.8. The number of nitrogens with zero attached hydrogens (tertiary/aromatic N) is 2. The van der Waals surface area contributed by atoms with Crippen molar-refractivity contribution in [3.63, 3.8) is 0 Å². The molecule has 0 heterocycles. The minimum Gasteiger partial charge on any atom is -0.400 e. The molecule has 0 fully saturated rings. The number of carbonyl (C=O) groups excluding carboxylic acids is 1. The maximum Gasteiger partial charge on any atom is 0.106 e. The van der Waals surface area contributed by atoms with Gasteiger partial charge in [-0.2, -0.15) is 0 Å². The number of hydrogen-bond acceptors (Lipinski definition) is 13. The van der Waals surface area contributed by atoms with Crippen LogP contribution in [0.4, 0.5) is 0 Å². The summed E-state index contributed by atoms with van der Waals surface area (Å²) in [5, 5.41) is 58.4. The number of hydrogen-bond donors (Lipinski definition) is 9. The fourth-order valence-electron chi connectivity index (χ4n) is 8.48. The highest BCUT2D eigenvalue weighted by molar-refractivity contribution is 5.11. The van der Waals surface area contributed by atoms with E-state index in [1.54, 1.807) is 0 Å². The number of aliphatic hydroxyl groups excluding tert-OH is 6.